The van der Waals surface area contributed by atoms with E-state index >= 15 is 0 Å². The summed E-state index contributed by atoms with van der Waals surface area (Å²) in [6.45, 7) is 3.89. The second-order valence-electron chi connectivity index (χ2n) is 5.04. The number of carbonyl (C=O) groups is 2. The molecule has 0 aromatic heterocycles. The zero-order chi connectivity index (χ0) is 16.1. The highest BCUT2D eigenvalue weighted by molar-refractivity contribution is 14.1. The van der Waals surface area contributed by atoms with Gasteiger partial charge in [-0.25, -0.2) is 0 Å². The fraction of sp³-hybridized carbons (Fsp3) is 0.176. The molecule has 0 radical (unpaired) electrons. The van der Waals surface area contributed by atoms with Crippen LogP contribution in [-0.4, -0.2) is 18.4 Å². The van der Waals surface area contributed by atoms with Crippen molar-refractivity contribution in [1.82, 2.24) is 5.32 Å². The molecule has 0 atom stereocenters. The van der Waals surface area contributed by atoms with Crippen LogP contribution in [0.4, 0.5) is 5.69 Å². The van der Waals surface area contributed by atoms with E-state index in [0.717, 1.165) is 20.4 Å². The Kier molecular flexibility index (Phi) is 5.54. The number of hydrogen-bond acceptors (Lipinski definition) is 2. The van der Waals surface area contributed by atoms with Crippen LogP contribution < -0.4 is 10.6 Å². The summed E-state index contributed by atoms with van der Waals surface area (Å²) >= 11 is 2.18. The van der Waals surface area contributed by atoms with Crippen LogP contribution in [-0.2, 0) is 4.79 Å². The Balaban J connectivity index is 1.90. The smallest absolute Gasteiger partial charge is 0.251 e. The summed E-state index contributed by atoms with van der Waals surface area (Å²) in [5, 5.41) is 5.38. The summed E-state index contributed by atoms with van der Waals surface area (Å²) in [5.74, 6) is -0.500. The van der Waals surface area contributed by atoms with Crippen LogP contribution in [0.25, 0.3) is 0 Å². The van der Waals surface area contributed by atoms with Crippen LogP contribution in [0.1, 0.15) is 21.5 Å². The molecule has 4 nitrogen and oxygen atoms in total. The van der Waals surface area contributed by atoms with E-state index < -0.39 is 0 Å². The molecule has 0 saturated heterocycles. The van der Waals surface area contributed by atoms with Gasteiger partial charge in [-0.05, 0) is 77.9 Å². The Morgan fingerprint density at radius 1 is 1.05 bits per heavy atom. The molecule has 2 N–H and O–H groups in total. The molecule has 22 heavy (non-hydrogen) atoms. The second-order valence-corrected chi connectivity index (χ2v) is 6.29. The second kappa shape index (κ2) is 7.40. The summed E-state index contributed by atoms with van der Waals surface area (Å²) in [6, 6.07) is 13.0. The summed E-state index contributed by atoms with van der Waals surface area (Å²) in [7, 11) is 0. The van der Waals surface area contributed by atoms with E-state index in [1.165, 1.54) is 0 Å². The van der Waals surface area contributed by atoms with Gasteiger partial charge in [0.2, 0.25) is 5.91 Å². The van der Waals surface area contributed by atoms with Crippen molar-refractivity contribution in [3.63, 3.8) is 0 Å². The van der Waals surface area contributed by atoms with Gasteiger partial charge in [0.05, 0.1) is 6.54 Å². The predicted molar refractivity (Wildman–Crippen MR) is 96.0 cm³/mol. The molecule has 114 valence electrons. The molecule has 0 fully saturated rings. The van der Waals surface area contributed by atoms with Crippen molar-refractivity contribution >= 4 is 40.1 Å². The van der Waals surface area contributed by atoms with E-state index in [-0.39, 0.29) is 18.4 Å². The van der Waals surface area contributed by atoms with Gasteiger partial charge in [0.1, 0.15) is 0 Å². The van der Waals surface area contributed by atoms with Crippen molar-refractivity contribution < 1.29 is 9.59 Å². The minimum Gasteiger partial charge on any atom is -0.343 e. The lowest BCUT2D eigenvalue weighted by Gasteiger charge is -2.08. The molecule has 0 aliphatic heterocycles. The van der Waals surface area contributed by atoms with Crippen LogP contribution in [0.2, 0.25) is 0 Å². The highest BCUT2D eigenvalue weighted by atomic mass is 127. The average Bonchev–Trinajstić information content (AvgIpc) is 2.47. The van der Waals surface area contributed by atoms with Crippen LogP contribution in [0, 0.1) is 17.4 Å². The molecule has 2 aromatic rings. The van der Waals surface area contributed by atoms with Crippen molar-refractivity contribution in [2.24, 2.45) is 0 Å². The first kappa shape index (κ1) is 16.5. The first-order chi connectivity index (χ1) is 10.5. The Bertz CT molecular complexity index is 714. The lowest BCUT2D eigenvalue weighted by molar-refractivity contribution is -0.115. The summed E-state index contributed by atoms with van der Waals surface area (Å²) in [5.41, 5.74) is 3.46. The third-order valence-corrected chi connectivity index (χ3v) is 3.96. The Morgan fingerprint density at radius 3 is 2.50 bits per heavy atom. The van der Waals surface area contributed by atoms with Gasteiger partial charge in [0.15, 0.2) is 0 Å². The monoisotopic (exact) mass is 408 g/mol. The zero-order valence-corrected chi connectivity index (χ0v) is 14.6. The number of nitrogens with one attached hydrogen (secondary N) is 2. The van der Waals surface area contributed by atoms with Crippen LogP contribution in [0.3, 0.4) is 0 Å². The maximum atomic E-state index is 12.0. The maximum Gasteiger partial charge on any atom is 0.251 e. The van der Waals surface area contributed by atoms with E-state index in [0.29, 0.717) is 5.56 Å². The SMILES string of the molecule is Cc1ccc(C(=O)NCC(=O)Nc2cccc(I)c2)cc1C. The molecule has 2 amide bonds. The topological polar surface area (TPSA) is 58.2 Å². The molecule has 2 rings (SSSR count). The first-order valence-corrected chi connectivity index (χ1v) is 7.94. The van der Waals surface area contributed by atoms with Crippen LogP contribution in [0.5, 0.6) is 0 Å². The van der Waals surface area contributed by atoms with Crippen molar-refractivity contribution in [3.8, 4) is 0 Å². The van der Waals surface area contributed by atoms with Crippen LogP contribution in [0.15, 0.2) is 42.5 Å². The number of anilines is 1. The molecule has 0 spiro atoms. The first-order valence-electron chi connectivity index (χ1n) is 6.86. The molecular weight excluding hydrogens is 391 g/mol. The number of carbonyl (C=O) groups excluding carboxylic acids is 2. The summed E-state index contributed by atoms with van der Waals surface area (Å²) in [4.78, 5) is 23.9. The molecule has 0 bridgehead atoms. The van der Waals surface area contributed by atoms with E-state index in [4.69, 9.17) is 0 Å². The third kappa shape index (κ3) is 4.56. The summed E-state index contributed by atoms with van der Waals surface area (Å²) in [6.07, 6.45) is 0. The molecule has 0 heterocycles. The van der Waals surface area contributed by atoms with E-state index in [1.54, 1.807) is 6.07 Å². The zero-order valence-electron chi connectivity index (χ0n) is 12.4. The van der Waals surface area contributed by atoms with Gasteiger partial charge < -0.3 is 10.6 Å². The third-order valence-electron chi connectivity index (χ3n) is 3.29. The molecule has 0 unspecified atom stereocenters. The fourth-order valence-corrected chi connectivity index (χ4v) is 2.46. The number of amides is 2. The molecule has 0 aliphatic carbocycles. The largest absolute Gasteiger partial charge is 0.343 e. The Labute approximate surface area is 143 Å². The van der Waals surface area contributed by atoms with Crippen molar-refractivity contribution in [3.05, 3.63) is 62.7 Å². The van der Waals surface area contributed by atoms with E-state index in [2.05, 4.69) is 33.2 Å². The van der Waals surface area contributed by atoms with Gasteiger partial charge in [-0.15, -0.1) is 0 Å². The molecule has 5 heteroatoms. The minimum atomic E-state index is -0.251. The number of benzene rings is 2. The van der Waals surface area contributed by atoms with Gasteiger partial charge in [-0.2, -0.15) is 0 Å². The molecule has 0 aliphatic rings. The van der Waals surface area contributed by atoms with Gasteiger partial charge >= 0.3 is 0 Å². The molecule has 2 aromatic carbocycles. The lowest BCUT2D eigenvalue weighted by atomic mass is 10.1. The summed E-state index contributed by atoms with van der Waals surface area (Å²) < 4.78 is 1.04. The minimum absolute atomic E-state index is 0.0583. The fourth-order valence-electron chi connectivity index (χ4n) is 1.92. The van der Waals surface area contributed by atoms with Crippen molar-refractivity contribution in [2.75, 3.05) is 11.9 Å². The quantitative estimate of drug-likeness (QED) is 0.764. The molecule has 0 saturated carbocycles. The Morgan fingerprint density at radius 2 is 1.82 bits per heavy atom. The number of halogens is 1. The van der Waals surface area contributed by atoms with Crippen LogP contribution >= 0.6 is 22.6 Å². The van der Waals surface area contributed by atoms with E-state index in [9.17, 15) is 9.59 Å². The van der Waals surface area contributed by atoms with Crippen molar-refractivity contribution in [2.45, 2.75) is 13.8 Å². The standard InChI is InChI=1S/C17H17IN2O2/c1-11-6-7-13(8-12(11)2)17(22)19-10-16(21)20-15-5-3-4-14(18)9-15/h3-9H,10H2,1-2H3,(H,19,22)(H,20,21). The predicted octanol–water partition coefficient (Wildman–Crippen LogP) is 3.28. The number of rotatable bonds is 4. The number of hydrogen-bond donors (Lipinski definition) is 2. The molecular formula is C17H17IN2O2. The Hall–Kier alpha value is -1.89. The van der Waals surface area contributed by atoms with Gasteiger partial charge in [-0.3, -0.25) is 9.59 Å². The van der Waals surface area contributed by atoms with Crippen molar-refractivity contribution in [1.29, 1.82) is 0 Å². The highest BCUT2D eigenvalue weighted by Crippen LogP contribution is 2.12. The maximum absolute atomic E-state index is 12.0. The average molecular weight is 408 g/mol. The van der Waals surface area contributed by atoms with E-state index in [1.807, 2.05) is 50.2 Å². The highest BCUT2D eigenvalue weighted by Gasteiger charge is 2.09. The number of aryl methyl sites for hydroxylation is 2. The van der Waals surface area contributed by atoms with Gasteiger partial charge in [0, 0.05) is 14.8 Å². The normalized spacial score (nSPS) is 10.1. The lowest BCUT2D eigenvalue weighted by Crippen LogP contribution is -2.32. The van der Waals surface area contributed by atoms with Gasteiger partial charge in [0.25, 0.3) is 5.91 Å². The van der Waals surface area contributed by atoms with Gasteiger partial charge in [-0.1, -0.05) is 12.1 Å².